The second-order valence-electron chi connectivity index (χ2n) is 5.95. The summed E-state index contributed by atoms with van der Waals surface area (Å²) in [6.45, 7) is 1.93. The molecule has 2 N–H and O–H groups in total. The van der Waals surface area contributed by atoms with Crippen LogP contribution >= 0.6 is 12.2 Å². The Balaban J connectivity index is 2.07. The zero-order valence-electron chi connectivity index (χ0n) is 14.7. The number of aryl methyl sites for hydroxylation is 1. The van der Waals surface area contributed by atoms with Gasteiger partial charge in [-0.25, -0.2) is 0 Å². The average Bonchev–Trinajstić information content (AvgIpc) is 2.66. The number of nitro groups is 1. The van der Waals surface area contributed by atoms with Gasteiger partial charge in [0.1, 0.15) is 5.57 Å². The molecule has 1 aliphatic rings. The number of phenols is 1. The average molecular weight is 397 g/mol. The molecular weight excluding hydrogens is 382 g/mol. The van der Waals surface area contributed by atoms with Gasteiger partial charge in [-0.3, -0.25) is 29.9 Å². The van der Waals surface area contributed by atoms with Crippen molar-refractivity contribution in [1.29, 1.82) is 0 Å². The molecule has 1 saturated heterocycles. The molecule has 0 aliphatic carbocycles. The number of hydrogen-bond acceptors (Lipinski definition) is 6. The maximum absolute atomic E-state index is 13.0. The second kappa shape index (κ2) is 7.57. The third kappa shape index (κ3) is 3.47. The molecule has 0 atom stereocenters. The van der Waals surface area contributed by atoms with E-state index in [9.17, 15) is 24.8 Å². The highest BCUT2D eigenvalue weighted by Crippen LogP contribution is 2.29. The Labute approximate surface area is 165 Å². The van der Waals surface area contributed by atoms with Crippen molar-refractivity contribution in [3.05, 3.63) is 69.3 Å². The molecule has 2 aromatic rings. The van der Waals surface area contributed by atoms with E-state index in [0.29, 0.717) is 12.1 Å². The van der Waals surface area contributed by atoms with Gasteiger partial charge in [-0.1, -0.05) is 31.2 Å². The molecule has 1 aliphatic heterocycles. The predicted octanol–water partition coefficient (Wildman–Crippen LogP) is 2.69. The van der Waals surface area contributed by atoms with Crippen molar-refractivity contribution in [2.24, 2.45) is 0 Å². The van der Waals surface area contributed by atoms with E-state index in [1.54, 1.807) is 12.1 Å². The molecule has 3 rings (SSSR count). The summed E-state index contributed by atoms with van der Waals surface area (Å²) in [4.78, 5) is 36.9. The number of nitro benzene ring substituents is 1. The zero-order chi connectivity index (χ0) is 20.4. The van der Waals surface area contributed by atoms with E-state index in [0.717, 1.165) is 17.7 Å². The van der Waals surface area contributed by atoms with Gasteiger partial charge in [0, 0.05) is 6.07 Å². The normalized spacial score (nSPS) is 15.7. The Bertz CT molecular complexity index is 1050. The molecule has 0 saturated carbocycles. The minimum Gasteiger partial charge on any atom is -0.502 e. The van der Waals surface area contributed by atoms with Gasteiger partial charge < -0.3 is 5.11 Å². The number of aromatic hydroxyl groups is 1. The second-order valence-corrected chi connectivity index (χ2v) is 6.33. The van der Waals surface area contributed by atoms with Crippen LogP contribution in [0.15, 0.2) is 48.0 Å². The molecule has 2 amide bonds. The third-order valence-electron chi connectivity index (χ3n) is 4.22. The topological polar surface area (TPSA) is 113 Å². The van der Waals surface area contributed by atoms with Crippen LogP contribution in [0, 0.1) is 10.1 Å². The molecule has 1 fully saturated rings. The maximum Gasteiger partial charge on any atom is 0.311 e. The van der Waals surface area contributed by atoms with Crippen LogP contribution in [0.1, 0.15) is 18.1 Å². The lowest BCUT2D eigenvalue weighted by Crippen LogP contribution is -2.54. The van der Waals surface area contributed by atoms with Crippen LogP contribution in [-0.2, 0) is 16.0 Å². The van der Waals surface area contributed by atoms with Crippen molar-refractivity contribution in [2.45, 2.75) is 13.3 Å². The molecule has 1 heterocycles. The maximum atomic E-state index is 13.0. The van der Waals surface area contributed by atoms with Crippen molar-refractivity contribution >= 4 is 46.6 Å². The summed E-state index contributed by atoms with van der Waals surface area (Å²) in [6, 6.07) is 10.8. The smallest absolute Gasteiger partial charge is 0.311 e. The van der Waals surface area contributed by atoms with Gasteiger partial charge in [-0.05, 0) is 48.0 Å². The minimum absolute atomic E-state index is 0.0373. The third-order valence-corrected chi connectivity index (χ3v) is 4.51. The first-order valence-corrected chi connectivity index (χ1v) is 8.71. The first kappa shape index (κ1) is 19.2. The summed E-state index contributed by atoms with van der Waals surface area (Å²) < 4.78 is 0. The number of anilines is 1. The van der Waals surface area contributed by atoms with Crippen LogP contribution in [-0.4, -0.2) is 27.0 Å². The number of amides is 2. The van der Waals surface area contributed by atoms with Gasteiger partial charge >= 0.3 is 5.69 Å². The molecule has 0 spiro atoms. The number of nitrogens with zero attached hydrogens (tertiary/aromatic N) is 2. The number of thiocarbonyl (C=S) groups is 1. The number of nitrogens with one attached hydrogen (secondary N) is 1. The standard InChI is InChI=1S/C19H15N3O5S/c1-2-12-5-3-4-6-14(12)21-18(25)13(17(24)20-19(21)28)9-11-7-8-16(23)15(10-11)22(26)27/h3-10,23H,2H2,1H3,(H,20,24,28)/b13-9+. The SMILES string of the molecule is CCc1ccccc1N1C(=O)/C(=C/c2ccc(O)c([N+](=O)[O-])c2)C(=O)NC1=S. The van der Waals surface area contributed by atoms with Crippen LogP contribution in [0.3, 0.4) is 0 Å². The van der Waals surface area contributed by atoms with Crippen molar-refractivity contribution in [1.82, 2.24) is 5.32 Å². The number of carbonyl (C=O) groups is 2. The van der Waals surface area contributed by atoms with E-state index in [1.165, 1.54) is 17.0 Å². The molecule has 9 heteroatoms. The van der Waals surface area contributed by atoms with Crippen LogP contribution in [0.5, 0.6) is 5.75 Å². The van der Waals surface area contributed by atoms with Crippen molar-refractivity contribution < 1.29 is 19.6 Å². The predicted molar refractivity (Wildman–Crippen MR) is 107 cm³/mol. The van der Waals surface area contributed by atoms with Crippen LogP contribution in [0.2, 0.25) is 0 Å². The number of para-hydroxylation sites is 1. The number of rotatable bonds is 4. The number of hydrogen-bond donors (Lipinski definition) is 2. The number of phenolic OH excluding ortho intramolecular Hbond substituents is 1. The van der Waals surface area contributed by atoms with Crippen molar-refractivity contribution in [2.75, 3.05) is 4.90 Å². The Morgan fingerprint density at radius 2 is 1.96 bits per heavy atom. The fourth-order valence-corrected chi connectivity index (χ4v) is 3.12. The lowest BCUT2D eigenvalue weighted by atomic mass is 10.0. The molecule has 8 nitrogen and oxygen atoms in total. The zero-order valence-corrected chi connectivity index (χ0v) is 15.5. The molecule has 142 valence electrons. The van der Waals surface area contributed by atoms with E-state index in [1.807, 2.05) is 19.1 Å². The van der Waals surface area contributed by atoms with E-state index < -0.39 is 28.2 Å². The van der Waals surface area contributed by atoms with Gasteiger partial charge in [0.15, 0.2) is 10.9 Å². The highest BCUT2D eigenvalue weighted by Gasteiger charge is 2.35. The van der Waals surface area contributed by atoms with E-state index >= 15 is 0 Å². The lowest BCUT2D eigenvalue weighted by Gasteiger charge is -2.30. The van der Waals surface area contributed by atoms with Gasteiger partial charge in [-0.2, -0.15) is 0 Å². The minimum atomic E-state index is -0.751. The quantitative estimate of drug-likeness (QED) is 0.270. The summed E-state index contributed by atoms with van der Waals surface area (Å²) in [7, 11) is 0. The molecule has 0 aromatic heterocycles. The van der Waals surface area contributed by atoms with E-state index in [-0.39, 0.29) is 16.2 Å². The summed E-state index contributed by atoms with van der Waals surface area (Å²) in [6.07, 6.45) is 1.88. The fraction of sp³-hybridized carbons (Fsp3) is 0.105. The molecule has 28 heavy (non-hydrogen) atoms. The molecule has 0 unspecified atom stereocenters. The lowest BCUT2D eigenvalue weighted by molar-refractivity contribution is -0.385. The van der Waals surface area contributed by atoms with Gasteiger partial charge in [0.25, 0.3) is 11.8 Å². The first-order chi connectivity index (χ1) is 13.3. The Kier molecular flexibility index (Phi) is 5.18. The largest absolute Gasteiger partial charge is 0.502 e. The Hall–Kier alpha value is -3.59. The van der Waals surface area contributed by atoms with Crippen LogP contribution < -0.4 is 10.2 Å². The number of benzene rings is 2. The first-order valence-electron chi connectivity index (χ1n) is 8.30. The number of carbonyl (C=O) groups excluding carboxylic acids is 2. The Morgan fingerprint density at radius 1 is 1.25 bits per heavy atom. The summed E-state index contributed by atoms with van der Waals surface area (Å²) in [5.74, 6) is -1.84. The highest BCUT2D eigenvalue weighted by molar-refractivity contribution is 7.80. The van der Waals surface area contributed by atoms with E-state index in [2.05, 4.69) is 5.32 Å². The highest BCUT2D eigenvalue weighted by atomic mass is 32.1. The molecule has 0 radical (unpaired) electrons. The fourth-order valence-electron chi connectivity index (χ4n) is 2.85. The summed E-state index contributed by atoms with van der Waals surface area (Å²) >= 11 is 5.18. The van der Waals surface area contributed by atoms with E-state index in [4.69, 9.17) is 12.2 Å². The van der Waals surface area contributed by atoms with Gasteiger partial charge in [-0.15, -0.1) is 0 Å². The van der Waals surface area contributed by atoms with Crippen LogP contribution in [0.4, 0.5) is 11.4 Å². The monoisotopic (exact) mass is 397 g/mol. The van der Waals surface area contributed by atoms with Crippen molar-refractivity contribution in [3.8, 4) is 5.75 Å². The van der Waals surface area contributed by atoms with Gasteiger partial charge in [0.05, 0.1) is 10.6 Å². The van der Waals surface area contributed by atoms with Gasteiger partial charge in [0.2, 0.25) is 0 Å². The molecular formula is C19H15N3O5S. The molecule has 2 aromatic carbocycles. The summed E-state index contributed by atoms with van der Waals surface area (Å²) in [5, 5.41) is 23.0. The summed E-state index contributed by atoms with van der Waals surface area (Å²) in [5.41, 5.74) is 0.900. The van der Waals surface area contributed by atoms with Crippen molar-refractivity contribution in [3.63, 3.8) is 0 Å². The van der Waals surface area contributed by atoms with Crippen LogP contribution in [0.25, 0.3) is 6.08 Å². The molecule has 0 bridgehead atoms. The Morgan fingerprint density at radius 3 is 2.64 bits per heavy atom.